The fourth-order valence-electron chi connectivity index (χ4n) is 1.27. The van der Waals surface area contributed by atoms with Gasteiger partial charge in [-0.2, -0.15) is 11.8 Å². The van der Waals surface area contributed by atoms with Gasteiger partial charge in [-0.15, -0.1) is 11.3 Å². The van der Waals surface area contributed by atoms with E-state index in [1.807, 2.05) is 17.7 Å². The van der Waals surface area contributed by atoms with E-state index in [0.717, 1.165) is 18.6 Å². The van der Waals surface area contributed by atoms with E-state index in [4.69, 9.17) is 5.73 Å². The van der Waals surface area contributed by atoms with Crippen LogP contribution in [0.25, 0.3) is 0 Å². The fourth-order valence-corrected chi connectivity index (χ4v) is 2.47. The molecule has 1 aromatic heterocycles. The Kier molecular flexibility index (Phi) is 6.52. The normalized spacial score (nSPS) is 12.4. The molecule has 1 amide bonds. The van der Waals surface area contributed by atoms with Gasteiger partial charge in [0.25, 0.3) is 0 Å². The van der Waals surface area contributed by atoms with Crippen LogP contribution >= 0.6 is 23.1 Å². The van der Waals surface area contributed by atoms with Gasteiger partial charge in [-0.3, -0.25) is 4.79 Å². The van der Waals surface area contributed by atoms with Crippen LogP contribution in [0.3, 0.4) is 0 Å². The van der Waals surface area contributed by atoms with Gasteiger partial charge >= 0.3 is 0 Å². The highest BCUT2D eigenvalue weighted by atomic mass is 32.2. The van der Waals surface area contributed by atoms with Crippen molar-refractivity contribution in [2.75, 3.05) is 18.6 Å². The van der Waals surface area contributed by atoms with E-state index >= 15 is 0 Å². The van der Waals surface area contributed by atoms with E-state index in [1.165, 1.54) is 4.88 Å². The summed E-state index contributed by atoms with van der Waals surface area (Å²) in [6.07, 6.45) is 3.64. The van der Waals surface area contributed by atoms with Crippen LogP contribution in [0.4, 0.5) is 0 Å². The molecule has 1 rings (SSSR count). The molecule has 3 N–H and O–H groups in total. The number of rotatable bonds is 7. The first kappa shape index (κ1) is 13.5. The second kappa shape index (κ2) is 7.70. The molecule has 1 aromatic rings. The lowest BCUT2D eigenvalue weighted by Crippen LogP contribution is -2.41. The maximum atomic E-state index is 11.5. The third-order valence-corrected chi connectivity index (χ3v) is 3.80. The van der Waals surface area contributed by atoms with Gasteiger partial charge in [-0.25, -0.2) is 0 Å². The Balaban J connectivity index is 2.14. The van der Waals surface area contributed by atoms with Gasteiger partial charge in [0.15, 0.2) is 0 Å². The SMILES string of the molecule is CSCC[C@@H](N)C(=O)NCCc1cccs1. The maximum Gasteiger partial charge on any atom is 0.236 e. The molecule has 1 atom stereocenters. The summed E-state index contributed by atoms with van der Waals surface area (Å²) < 4.78 is 0. The van der Waals surface area contributed by atoms with Crippen molar-refractivity contribution in [2.24, 2.45) is 5.73 Å². The number of carbonyl (C=O) groups is 1. The van der Waals surface area contributed by atoms with Crippen LogP contribution in [-0.2, 0) is 11.2 Å². The van der Waals surface area contributed by atoms with Gasteiger partial charge in [-0.1, -0.05) is 6.07 Å². The zero-order valence-electron chi connectivity index (χ0n) is 9.44. The van der Waals surface area contributed by atoms with Crippen molar-refractivity contribution in [1.29, 1.82) is 0 Å². The van der Waals surface area contributed by atoms with Crippen molar-refractivity contribution in [1.82, 2.24) is 5.32 Å². The van der Waals surface area contributed by atoms with Crippen LogP contribution in [0, 0.1) is 0 Å². The average Bonchev–Trinajstić information content (AvgIpc) is 2.78. The summed E-state index contributed by atoms with van der Waals surface area (Å²) in [6, 6.07) is 3.73. The third kappa shape index (κ3) is 5.01. The minimum atomic E-state index is -0.365. The summed E-state index contributed by atoms with van der Waals surface area (Å²) >= 11 is 3.42. The van der Waals surface area contributed by atoms with Gasteiger partial charge in [0.1, 0.15) is 0 Å². The lowest BCUT2D eigenvalue weighted by Gasteiger charge is -2.10. The average molecular weight is 258 g/mol. The van der Waals surface area contributed by atoms with Crippen molar-refractivity contribution >= 4 is 29.0 Å². The number of nitrogens with two attached hydrogens (primary N) is 1. The van der Waals surface area contributed by atoms with E-state index in [1.54, 1.807) is 23.1 Å². The minimum Gasteiger partial charge on any atom is -0.354 e. The monoisotopic (exact) mass is 258 g/mol. The Bertz CT molecular complexity index is 301. The highest BCUT2D eigenvalue weighted by molar-refractivity contribution is 7.98. The fraction of sp³-hybridized carbons (Fsp3) is 0.545. The molecular weight excluding hydrogens is 240 g/mol. The second-order valence-corrected chi connectivity index (χ2v) is 5.53. The molecule has 0 spiro atoms. The highest BCUT2D eigenvalue weighted by Gasteiger charge is 2.11. The molecule has 3 nitrogen and oxygen atoms in total. The molecule has 0 radical (unpaired) electrons. The molecular formula is C11H18N2OS2. The topological polar surface area (TPSA) is 55.1 Å². The van der Waals surface area contributed by atoms with Crippen LogP contribution in [-0.4, -0.2) is 30.5 Å². The van der Waals surface area contributed by atoms with Crippen LogP contribution in [0.1, 0.15) is 11.3 Å². The summed E-state index contributed by atoms with van der Waals surface area (Å²) in [6.45, 7) is 0.673. The Hall–Kier alpha value is -0.520. The number of hydrogen-bond acceptors (Lipinski definition) is 4. The van der Waals surface area contributed by atoms with Gasteiger partial charge in [0, 0.05) is 11.4 Å². The van der Waals surface area contributed by atoms with Gasteiger partial charge in [0.05, 0.1) is 6.04 Å². The van der Waals surface area contributed by atoms with E-state index in [0.29, 0.717) is 6.54 Å². The van der Waals surface area contributed by atoms with Crippen molar-refractivity contribution in [3.8, 4) is 0 Å². The van der Waals surface area contributed by atoms with Crippen LogP contribution < -0.4 is 11.1 Å². The third-order valence-electron chi connectivity index (χ3n) is 2.22. The van der Waals surface area contributed by atoms with Crippen molar-refractivity contribution in [3.05, 3.63) is 22.4 Å². The van der Waals surface area contributed by atoms with Crippen LogP contribution in [0.2, 0.25) is 0 Å². The summed E-state index contributed by atoms with van der Waals surface area (Å²) in [5.74, 6) is 0.894. The zero-order chi connectivity index (χ0) is 11.8. The van der Waals surface area contributed by atoms with Gasteiger partial charge in [-0.05, 0) is 36.3 Å². The minimum absolute atomic E-state index is 0.0365. The van der Waals surface area contributed by atoms with Crippen LogP contribution in [0.15, 0.2) is 17.5 Å². The van der Waals surface area contributed by atoms with Gasteiger partial charge < -0.3 is 11.1 Å². The Morgan fingerprint density at radius 2 is 2.50 bits per heavy atom. The van der Waals surface area contributed by atoms with E-state index in [2.05, 4.69) is 11.4 Å². The lowest BCUT2D eigenvalue weighted by atomic mass is 10.2. The number of hydrogen-bond donors (Lipinski definition) is 2. The first-order valence-corrected chi connectivity index (χ1v) is 7.56. The van der Waals surface area contributed by atoms with Gasteiger partial charge in [0.2, 0.25) is 5.91 Å². The predicted molar refractivity (Wildman–Crippen MR) is 72.0 cm³/mol. The molecule has 16 heavy (non-hydrogen) atoms. The van der Waals surface area contributed by atoms with Crippen molar-refractivity contribution < 1.29 is 4.79 Å². The molecule has 0 bridgehead atoms. The summed E-state index contributed by atoms with van der Waals surface area (Å²) in [7, 11) is 0. The summed E-state index contributed by atoms with van der Waals surface area (Å²) in [5.41, 5.74) is 5.74. The molecule has 0 aromatic carbocycles. The first-order valence-electron chi connectivity index (χ1n) is 5.28. The molecule has 0 saturated heterocycles. The number of thioether (sulfide) groups is 1. The maximum absolute atomic E-state index is 11.5. The lowest BCUT2D eigenvalue weighted by molar-refractivity contribution is -0.122. The van der Waals surface area contributed by atoms with E-state index < -0.39 is 0 Å². The Labute approximate surface area is 105 Å². The number of carbonyl (C=O) groups excluding carboxylic acids is 1. The van der Waals surface area contributed by atoms with Crippen molar-refractivity contribution in [3.63, 3.8) is 0 Å². The zero-order valence-corrected chi connectivity index (χ0v) is 11.1. The largest absolute Gasteiger partial charge is 0.354 e. The molecule has 0 fully saturated rings. The van der Waals surface area contributed by atoms with E-state index in [9.17, 15) is 4.79 Å². The molecule has 0 unspecified atom stereocenters. The predicted octanol–water partition coefficient (Wildman–Crippen LogP) is 1.49. The number of amides is 1. The summed E-state index contributed by atoms with van der Waals surface area (Å²) in [4.78, 5) is 12.8. The van der Waals surface area contributed by atoms with E-state index in [-0.39, 0.29) is 11.9 Å². The quantitative estimate of drug-likeness (QED) is 0.779. The molecule has 1 heterocycles. The smallest absolute Gasteiger partial charge is 0.236 e. The summed E-state index contributed by atoms with van der Waals surface area (Å²) in [5, 5.41) is 4.91. The number of nitrogens with one attached hydrogen (secondary N) is 1. The molecule has 0 saturated carbocycles. The standard InChI is InChI=1S/C11H18N2OS2/c1-15-8-5-10(12)11(14)13-6-4-9-3-2-7-16-9/h2-3,7,10H,4-6,8,12H2,1H3,(H,13,14)/t10-/m1/s1. The van der Waals surface area contributed by atoms with Crippen LogP contribution in [0.5, 0.6) is 0 Å². The van der Waals surface area contributed by atoms with Crippen molar-refractivity contribution in [2.45, 2.75) is 18.9 Å². The molecule has 5 heteroatoms. The highest BCUT2D eigenvalue weighted by Crippen LogP contribution is 2.08. The number of thiophene rings is 1. The Morgan fingerprint density at radius 1 is 1.69 bits per heavy atom. The molecule has 0 aliphatic heterocycles. The molecule has 0 aliphatic rings. The Morgan fingerprint density at radius 3 is 3.12 bits per heavy atom. The second-order valence-electron chi connectivity index (χ2n) is 3.51. The first-order chi connectivity index (χ1) is 7.74. The molecule has 90 valence electrons. The molecule has 0 aliphatic carbocycles.